The summed E-state index contributed by atoms with van der Waals surface area (Å²) in [5.41, 5.74) is 0.711. The zero-order valence-electron chi connectivity index (χ0n) is 7.38. The number of rotatable bonds is 2. The predicted octanol–water partition coefficient (Wildman–Crippen LogP) is 3.59. The molecule has 2 heterocycles. The second-order valence-electron chi connectivity index (χ2n) is 2.76. The smallest absolute Gasteiger partial charge is 0.239 e. The van der Waals surface area contributed by atoms with Crippen molar-refractivity contribution in [3.63, 3.8) is 0 Å². The lowest BCUT2D eigenvalue weighted by Gasteiger charge is -1.88. The second-order valence-corrected chi connectivity index (χ2v) is 3.94. The Morgan fingerprint density at radius 1 is 1.64 bits per heavy atom. The van der Waals surface area contributed by atoms with Crippen molar-refractivity contribution in [2.75, 3.05) is 0 Å². The summed E-state index contributed by atoms with van der Waals surface area (Å²) in [5.74, 6) is 0.851. The zero-order valence-corrected chi connectivity index (χ0v) is 8.95. The normalized spacial score (nSPS) is 10.8. The van der Waals surface area contributed by atoms with Gasteiger partial charge in [-0.3, -0.25) is 0 Å². The molecule has 0 saturated heterocycles. The number of hydrogen-bond donors (Lipinski definition) is 0. The maximum absolute atomic E-state index is 13.2. The van der Waals surface area contributed by atoms with Crippen molar-refractivity contribution in [1.29, 1.82) is 0 Å². The average Bonchev–Trinajstić information content (AvgIpc) is 2.71. The molecule has 0 amide bonds. The third kappa shape index (κ3) is 1.55. The van der Waals surface area contributed by atoms with Crippen molar-refractivity contribution in [3.8, 4) is 10.8 Å². The molecule has 0 aromatic carbocycles. The molecule has 2 nitrogen and oxygen atoms in total. The van der Waals surface area contributed by atoms with Crippen LogP contribution < -0.4 is 0 Å². The van der Waals surface area contributed by atoms with Gasteiger partial charge in [-0.25, -0.2) is 9.37 Å². The summed E-state index contributed by atoms with van der Waals surface area (Å²) < 4.78 is 18.5. The van der Waals surface area contributed by atoms with Gasteiger partial charge in [-0.15, -0.1) is 22.9 Å². The molecular formula is C9H7ClFNOS. The van der Waals surface area contributed by atoms with E-state index in [0.717, 1.165) is 0 Å². The van der Waals surface area contributed by atoms with E-state index in [1.54, 1.807) is 12.3 Å². The van der Waals surface area contributed by atoms with Gasteiger partial charge in [-0.05, 0) is 18.4 Å². The summed E-state index contributed by atoms with van der Waals surface area (Å²) in [6, 6.07) is 1.39. The first kappa shape index (κ1) is 9.68. The van der Waals surface area contributed by atoms with Crippen LogP contribution in [0, 0.1) is 12.7 Å². The first-order valence-electron chi connectivity index (χ1n) is 3.98. The highest BCUT2D eigenvalue weighted by atomic mass is 35.5. The number of hydrogen-bond acceptors (Lipinski definition) is 3. The van der Waals surface area contributed by atoms with Gasteiger partial charge in [0.15, 0.2) is 0 Å². The van der Waals surface area contributed by atoms with Crippen molar-refractivity contribution in [2.45, 2.75) is 12.8 Å². The van der Waals surface area contributed by atoms with E-state index >= 15 is 0 Å². The van der Waals surface area contributed by atoms with E-state index in [9.17, 15) is 4.39 Å². The standard InChI is InChI=1S/C9H7ClFNOS/c1-5-7(4-10)13-9(12-5)8-6(11)2-3-14-8/h2-3H,4H2,1H3. The van der Waals surface area contributed by atoms with Gasteiger partial charge in [-0.2, -0.15) is 0 Å². The first-order valence-corrected chi connectivity index (χ1v) is 5.39. The van der Waals surface area contributed by atoms with E-state index in [2.05, 4.69) is 4.98 Å². The molecule has 0 saturated carbocycles. The lowest BCUT2D eigenvalue weighted by Crippen LogP contribution is -1.77. The molecule has 0 radical (unpaired) electrons. The van der Waals surface area contributed by atoms with Crippen LogP contribution in [0.2, 0.25) is 0 Å². The van der Waals surface area contributed by atoms with E-state index in [1.807, 2.05) is 0 Å². The number of halogens is 2. The summed E-state index contributed by atoms with van der Waals surface area (Å²) in [5, 5.41) is 1.66. The fourth-order valence-electron chi connectivity index (χ4n) is 1.10. The lowest BCUT2D eigenvalue weighted by molar-refractivity contribution is 0.531. The third-order valence-electron chi connectivity index (χ3n) is 1.83. The van der Waals surface area contributed by atoms with Crippen molar-refractivity contribution in [1.82, 2.24) is 4.98 Å². The molecule has 0 aliphatic carbocycles. The van der Waals surface area contributed by atoms with Crippen LogP contribution in [0.15, 0.2) is 15.9 Å². The minimum Gasteiger partial charge on any atom is -0.439 e. The van der Waals surface area contributed by atoms with Crippen molar-refractivity contribution in [2.24, 2.45) is 0 Å². The molecule has 0 atom stereocenters. The number of oxazole rings is 1. The van der Waals surface area contributed by atoms with Crippen LogP contribution in [0.3, 0.4) is 0 Å². The van der Waals surface area contributed by atoms with E-state index in [1.165, 1.54) is 17.4 Å². The SMILES string of the molecule is Cc1nc(-c2sccc2F)oc1CCl. The van der Waals surface area contributed by atoms with Gasteiger partial charge in [-0.1, -0.05) is 0 Å². The number of alkyl halides is 1. The Hall–Kier alpha value is -0.870. The van der Waals surface area contributed by atoms with Gasteiger partial charge in [0, 0.05) is 0 Å². The summed E-state index contributed by atoms with van der Waals surface area (Å²) in [4.78, 5) is 4.52. The fraction of sp³-hybridized carbons (Fsp3) is 0.222. The largest absolute Gasteiger partial charge is 0.439 e. The van der Waals surface area contributed by atoms with Gasteiger partial charge in [0.2, 0.25) is 5.89 Å². The molecule has 0 aliphatic heterocycles. The number of nitrogens with zero attached hydrogens (tertiary/aromatic N) is 1. The van der Waals surface area contributed by atoms with E-state index in [4.69, 9.17) is 16.0 Å². The Kier molecular flexibility index (Phi) is 2.56. The highest BCUT2D eigenvalue weighted by Crippen LogP contribution is 2.29. The minimum absolute atomic E-state index is 0.256. The van der Waals surface area contributed by atoms with E-state index in [-0.39, 0.29) is 11.7 Å². The predicted molar refractivity (Wildman–Crippen MR) is 54.1 cm³/mol. The van der Waals surface area contributed by atoms with Gasteiger partial charge in [0.05, 0.1) is 11.6 Å². The molecule has 0 bridgehead atoms. The highest BCUT2D eigenvalue weighted by molar-refractivity contribution is 7.13. The van der Waals surface area contributed by atoms with Gasteiger partial charge < -0.3 is 4.42 Å². The zero-order chi connectivity index (χ0) is 10.1. The number of aromatic nitrogens is 1. The Labute approximate surface area is 89.3 Å². The van der Waals surface area contributed by atoms with Crippen LogP contribution in [0.4, 0.5) is 4.39 Å². The molecule has 0 fully saturated rings. The molecule has 2 aromatic rings. The van der Waals surface area contributed by atoms with E-state index < -0.39 is 0 Å². The molecule has 0 N–H and O–H groups in total. The molecule has 0 aliphatic rings. The first-order chi connectivity index (χ1) is 6.72. The molecule has 74 valence electrons. The van der Waals surface area contributed by atoms with Crippen molar-refractivity contribution in [3.05, 3.63) is 28.7 Å². The Balaban J connectivity index is 2.47. The molecule has 5 heteroatoms. The van der Waals surface area contributed by atoms with Crippen molar-refractivity contribution >= 4 is 22.9 Å². The fourth-order valence-corrected chi connectivity index (χ4v) is 2.04. The Morgan fingerprint density at radius 2 is 2.43 bits per heavy atom. The molecule has 0 unspecified atom stereocenters. The van der Waals surface area contributed by atoms with Crippen LogP contribution in [0.25, 0.3) is 10.8 Å². The highest BCUT2D eigenvalue weighted by Gasteiger charge is 2.15. The summed E-state index contributed by atoms with van der Waals surface area (Å²) in [6.07, 6.45) is 0. The Morgan fingerprint density at radius 3 is 2.93 bits per heavy atom. The summed E-state index contributed by atoms with van der Waals surface area (Å²) in [6.45, 7) is 1.79. The van der Waals surface area contributed by atoms with Crippen LogP contribution in [0.5, 0.6) is 0 Å². The molecular weight excluding hydrogens is 225 g/mol. The molecule has 2 rings (SSSR count). The van der Waals surface area contributed by atoms with Gasteiger partial charge in [0.25, 0.3) is 0 Å². The summed E-state index contributed by atoms with van der Waals surface area (Å²) in [7, 11) is 0. The Bertz CT molecular complexity index is 451. The minimum atomic E-state index is -0.308. The number of aryl methyl sites for hydroxylation is 1. The second kappa shape index (κ2) is 3.71. The summed E-state index contributed by atoms with van der Waals surface area (Å²) >= 11 is 6.88. The van der Waals surface area contributed by atoms with Crippen LogP contribution in [-0.2, 0) is 5.88 Å². The van der Waals surface area contributed by atoms with E-state index in [0.29, 0.717) is 22.2 Å². The molecule has 14 heavy (non-hydrogen) atoms. The third-order valence-corrected chi connectivity index (χ3v) is 2.95. The topological polar surface area (TPSA) is 26.0 Å². The van der Waals surface area contributed by atoms with Crippen molar-refractivity contribution < 1.29 is 8.81 Å². The lowest BCUT2D eigenvalue weighted by atomic mass is 10.4. The molecule has 0 spiro atoms. The quantitative estimate of drug-likeness (QED) is 0.739. The maximum atomic E-state index is 13.2. The average molecular weight is 232 g/mol. The monoisotopic (exact) mass is 231 g/mol. The van der Waals surface area contributed by atoms with Gasteiger partial charge >= 0.3 is 0 Å². The van der Waals surface area contributed by atoms with Crippen LogP contribution in [-0.4, -0.2) is 4.98 Å². The van der Waals surface area contributed by atoms with Crippen LogP contribution >= 0.6 is 22.9 Å². The molecule has 2 aromatic heterocycles. The maximum Gasteiger partial charge on any atom is 0.239 e. The van der Waals surface area contributed by atoms with Crippen LogP contribution in [0.1, 0.15) is 11.5 Å². The van der Waals surface area contributed by atoms with Gasteiger partial charge in [0.1, 0.15) is 16.5 Å². The number of thiophene rings is 1.